The topological polar surface area (TPSA) is 130 Å². The number of hydrogen-bond acceptors (Lipinski definition) is 8. The molecule has 4 heterocycles. The SMILES string of the molecule is CC(O)C(NC(=O)CN1Cc2ccc(-c3nc(NC4CCOCC4)ncc3Cl)cc2C1=O)c1ccccn1. The molecule has 2 amide bonds. The lowest BCUT2D eigenvalue weighted by Gasteiger charge is -2.23. The maximum absolute atomic E-state index is 13.2. The second-order valence-electron chi connectivity index (χ2n) is 9.49. The molecule has 3 aromatic rings. The van der Waals surface area contributed by atoms with E-state index < -0.39 is 12.1 Å². The van der Waals surface area contributed by atoms with E-state index in [4.69, 9.17) is 16.3 Å². The van der Waals surface area contributed by atoms with Crippen LogP contribution in [0.1, 0.15) is 47.4 Å². The Hall–Kier alpha value is -3.60. The fourth-order valence-electron chi connectivity index (χ4n) is 4.69. The lowest BCUT2D eigenvalue weighted by atomic mass is 10.0. The van der Waals surface area contributed by atoms with Gasteiger partial charge in [-0.2, -0.15) is 0 Å². The Balaban J connectivity index is 1.28. The van der Waals surface area contributed by atoms with Crippen molar-refractivity contribution < 1.29 is 19.4 Å². The number of anilines is 1. The van der Waals surface area contributed by atoms with Gasteiger partial charge in [0.05, 0.1) is 34.8 Å². The van der Waals surface area contributed by atoms with E-state index >= 15 is 0 Å². The highest BCUT2D eigenvalue weighted by molar-refractivity contribution is 6.33. The zero-order valence-electron chi connectivity index (χ0n) is 20.9. The number of ether oxygens (including phenoxy) is 1. The maximum atomic E-state index is 13.2. The molecule has 2 unspecified atom stereocenters. The van der Waals surface area contributed by atoms with Crippen LogP contribution in [-0.4, -0.2) is 68.7 Å². The number of aliphatic hydroxyl groups is 1. The molecule has 2 aliphatic rings. The Morgan fingerprint density at radius 1 is 1.24 bits per heavy atom. The molecule has 11 heteroatoms. The number of aliphatic hydroxyl groups excluding tert-OH is 1. The number of carbonyl (C=O) groups excluding carboxylic acids is 2. The number of benzene rings is 1. The van der Waals surface area contributed by atoms with Gasteiger partial charge in [-0.1, -0.05) is 29.8 Å². The van der Waals surface area contributed by atoms with Crippen LogP contribution in [0.5, 0.6) is 0 Å². The molecule has 5 rings (SSSR count). The van der Waals surface area contributed by atoms with Crippen LogP contribution >= 0.6 is 11.6 Å². The van der Waals surface area contributed by atoms with Gasteiger partial charge >= 0.3 is 0 Å². The fraction of sp³-hybridized carbons (Fsp3) is 0.370. The smallest absolute Gasteiger partial charge is 0.254 e. The molecule has 0 spiro atoms. The van der Waals surface area contributed by atoms with E-state index in [1.54, 1.807) is 43.6 Å². The zero-order chi connectivity index (χ0) is 26.6. The Morgan fingerprint density at radius 2 is 2.05 bits per heavy atom. The van der Waals surface area contributed by atoms with E-state index in [1.807, 2.05) is 12.1 Å². The second-order valence-corrected chi connectivity index (χ2v) is 9.90. The highest BCUT2D eigenvalue weighted by Crippen LogP contribution is 2.31. The Bertz CT molecular complexity index is 1320. The quantitative estimate of drug-likeness (QED) is 0.400. The van der Waals surface area contributed by atoms with Crippen LogP contribution in [0.25, 0.3) is 11.3 Å². The summed E-state index contributed by atoms with van der Waals surface area (Å²) in [6.45, 7) is 3.14. The van der Waals surface area contributed by atoms with Crippen molar-refractivity contribution in [3.05, 3.63) is 70.6 Å². The normalized spacial score (nSPS) is 17.1. The van der Waals surface area contributed by atoms with E-state index in [2.05, 4.69) is 25.6 Å². The molecule has 10 nitrogen and oxygen atoms in total. The maximum Gasteiger partial charge on any atom is 0.254 e. The molecule has 38 heavy (non-hydrogen) atoms. The number of fused-ring (bicyclic) bond motifs is 1. The van der Waals surface area contributed by atoms with Crippen LogP contribution < -0.4 is 10.6 Å². The number of carbonyl (C=O) groups is 2. The third-order valence-electron chi connectivity index (χ3n) is 6.70. The van der Waals surface area contributed by atoms with Crippen LogP contribution in [0, 0.1) is 0 Å². The summed E-state index contributed by atoms with van der Waals surface area (Å²) in [5.41, 5.74) is 3.08. The predicted octanol–water partition coefficient (Wildman–Crippen LogP) is 2.98. The molecule has 1 aromatic carbocycles. The highest BCUT2D eigenvalue weighted by atomic mass is 35.5. The number of hydrogen-bond donors (Lipinski definition) is 3. The molecule has 0 radical (unpaired) electrons. The van der Waals surface area contributed by atoms with E-state index in [-0.39, 0.29) is 24.4 Å². The van der Waals surface area contributed by atoms with Crippen molar-refractivity contribution in [2.75, 3.05) is 25.1 Å². The van der Waals surface area contributed by atoms with Crippen molar-refractivity contribution in [2.45, 2.75) is 44.5 Å². The van der Waals surface area contributed by atoms with E-state index in [0.29, 0.717) is 53.2 Å². The summed E-state index contributed by atoms with van der Waals surface area (Å²) in [5.74, 6) is -0.165. The third-order valence-corrected chi connectivity index (χ3v) is 6.98. The van der Waals surface area contributed by atoms with Gasteiger partial charge in [0.1, 0.15) is 6.54 Å². The number of nitrogens with one attached hydrogen (secondary N) is 2. The molecule has 0 aliphatic carbocycles. The zero-order valence-corrected chi connectivity index (χ0v) is 21.7. The van der Waals surface area contributed by atoms with E-state index in [0.717, 1.165) is 18.4 Å². The first-order valence-corrected chi connectivity index (χ1v) is 12.9. The molecule has 198 valence electrons. The van der Waals surface area contributed by atoms with Crippen molar-refractivity contribution in [2.24, 2.45) is 0 Å². The number of amides is 2. The average Bonchev–Trinajstić information content (AvgIpc) is 3.23. The van der Waals surface area contributed by atoms with Gasteiger partial charge in [-0.05, 0) is 43.5 Å². The molecule has 2 aliphatic heterocycles. The summed E-state index contributed by atoms with van der Waals surface area (Å²) >= 11 is 6.44. The van der Waals surface area contributed by atoms with Gasteiger partial charge in [0.2, 0.25) is 11.9 Å². The molecular formula is C27H29ClN6O4. The standard InChI is InChI=1S/C27H29ClN6O4/c1-16(35)24(22-4-2-3-9-29-22)32-23(36)15-34-14-18-6-5-17(12-20(18)26(34)37)25-21(28)13-30-27(33-25)31-19-7-10-38-11-8-19/h2-6,9,12-13,16,19,24,35H,7-8,10-11,14-15H2,1H3,(H,32,36)(H,30,31,33). The number of nitrogens with zero attached hydrogens (tertiary/aromatic N) is 4. The molecule has 2 aromatic heterocycles. The van der Waals surface area contributed by atoms with Crippen LogP contribution in [0.2, 0.25) is 5.02 Å². The van der Waals surface area contributed by atoms with Crippen molar-refractivity contribution in [3.8, 4) is 11.3 Å². The van der Waals surface area contributed by atoms with E-state index in [1.165, 1.54) is 4.90 Å². The Morgan fingerprint density at radius 3 is 2.79 bits per heavy atom. The first kappa shape index (κ1) is 26.0. The summed E-state index contributed by atoms with van der Waals surface area (Å²) in [6.07, 6.45) is 4.04. The summed E-state index contributed by atoms with van der Waals surface area (Å²) in [4.78, 5) is 40.7. The molecule has 1 fully saturated rings. The lowest BCUT2D eigenvalue weighted by Crippen LogP contribution is -2.42. The number of pyridine rings is 1. The molecule has 1 saturated heterocycles. The van der Waals surface area contributed by atoms with Gasteiger partial charge in [0, 0.05) is 43.1 Å². The minimum absolute atomic E-state index is 0.146. The molecule has 3 N–H and O–H groups in total. The van der Waals surface area contributed by atoms with Crippen LogP contribution in [-0.2, 0) is 16.1 Å². The minimum Gasteiger partial charge on any atom is -0.391 e. The van der Waals surface area contributed by atoms with Gasteiger partial charge < -0.3 is 25.4 Å². The van der Waals surface area contributed by atoms with Crippen molar-refractivity contribution >= 4 is 29.4 Å². The van der Waals surface area contributed by atoms with Gasteiger partial charge in [0.15, 0.2) is 0 Å². The molecule has 0 saturated carbocycles. The summed E-state index contributed by atoms with van der Waals surface area (Å²) < 4.78 is 5.41. The van der Waals surface area contributed by atoms with Crippen molar-refractivity contribution in [1.29, 1.82) is 0 Å². The van der Waals surface area contributed by atoms with Gasteiger partial charge in [-0.25, -0.2) is 9.97 Å². The average molecular weight is 537 g/mol. The van der Waals surface area contributed by atoms with Gasteiger partial charge in [-0.3, -0.25) is 14.6 Å². The van der Waals surface area contributed by atoms with Gasteiger partial charge in [0.25, 0.3) is 5.91 Å². The fourth-order valence-corrected chi connectivity index (χ4v) is 4.89. The Labute approximate surface area is 225 Å². The van der Waals surface area contributed by atoms with Crippen molar-refractivity contribution in [1.82, 2.24) is 25.2 Å². The molecular weight excluding hydrogens is 508 g/mol. The summed E-state index contributed by atoms with van der Waals surface area (Å²) in [7, 11) is 0. The van der Waals surface area contributed by atoms with Crippen LogP contribution in [0.3, 0.4) is 0 Å². The lowest BCUT2D eigenvalue weighted by molar-refractivity contribution is -0.123. The number of rotatable bonds is 8. The molecule has 2 atom stereocenters. The number of halogens is 1. The van der Waals surface area contributed by atoms with E-state index in [9.17, 15) is 14.7 Å². The monoisotopic (exact) mass is 536 g/mol. The summed E-state index contributed by atoms with van der Waals surface area (Å²) in [6, 6.07) is 10.3. The van der Waals surface area contributed by atoms with Crippen LogP contribution in [0.15, 0.2) is 48.8 Å². The number of aromatic nitrogens is 3. The summed E-state index contributed by atoms with van der Waals surface area (Å²) in [5, 5.41) is 16.7. The first-order valence-electron chi connectivity index (χ1n) is 12.6. The largest absolute Gasteiger partial charge is 0.391 e. The predicted molar refractivity (Wildman–Crippen MR) is 141 cm³/mol. The molecule has 0 bridgehead atoms. The van der Waals surface area contributed by atoms with Crippen molar-refractivity contribution in [3.63, 3.8) is 0 Å². The second kappa shape index (κ2) is 11.4. The van der Waals surface area contributed by atoms with Crippen LogP contribution in [0.4, 0.5) is 5.95 Å². The minimum atomic E-state index is -0.855. The van der Waals surface area contributed by atoms with Gasteiger partial charge in [-0.15, -0.1) is 0 Å². The Kier molecular flexibility index (Phi) is 7.82. The third kappa shape index (κ3) is 5.77. The first-order chi connectivity index (χ1) is 18.4. The highest BCUT2D eigenvalue weighted by Gasteiger charge is 2.31.